The predicted octanol–water partition coefficient (Wildman–Crippen LogP) is 3.50. The summed E-state index contributed by atoms with van der Waals surface area (Å²) >= 11 is 0. The number of aliphatic imine (C=N–C) groups is 1. The Balaban J connectivity index is 0.00000320. The van der Waals surface area contributed by atoms with Crippen LogP contribution in [-0.2, 0) is 6.54 Å². The third kappa shape index (κ3) is 5.77. The van der Waals surface area contributed by atoms with Crippen LogP contribution in [0, 0.1) is 6.92 Å². The number of guanidine groups is 1. The van der Waals surface area contributed by atoms with Gasteiger partial charge in [0.15, 0.2) is 5.96 Å². The average molecular weight is 538 g/mol. The Morgan fingerprint density at radius 1 is 1.20 bits per heavy atom. The highest BCUT2D eigenvalue weighted by Gasteiger charge is 2.41. The molecule has 1 saturated heterocycles. The van der Waals surface area contributed by atoms with E-state index in [-0.39, 0.29) is 24.0 Å². The molecule has 0 radical (unpaired) electrons. The lowest BCUT2D eigenvalue weighted by atomic mass is 10.2. The number of nitrogens with one attached hydrogen (secondary N) is 1. The van der Waals surface area contributed by atoms with Gasteiger partial charge >= 0.3 is 6.18 Å². The van der Waals surface area contributed by atoms with Crippen molar-refractivity contribution in [1.82, 2.24) is 24.7 Å². The second-order valence-corrected chi connectivity index (χ2v) is 7.28. The molecule has 1 atom stereocenters. The summed E-state index contributed by atoms with van der Waals surface area (Å²) in [4.78, 5) is 12.8. The van der Waals surface area contributed by atoms with Crippen LogP contribution in [0.4, 0.5) is 13.2 Å². The van der Waals surface area contributed by atoms with Gasteiger partial charge in [0.2, 0.25) is 0 Å². The standard InChI is InChI=1S/C20H29F3N6.HI/c1-4-24-19(28-13-11-27(12-14-28)15(2)20(21,22)23)25-9-10-29-16(3)26-17-7-5-6-8-18(17)29;/h5-8,15H,4,9-14H2,1-3H3,(H,24,25);1H. The summed E-state index contributed by atoms with van der Waals surface area (Å²) in [5.74, 6) is 1.70. The summed E-state index contributed by atoms with van der Waals surface area (Å²) in [5, 5.41) is 3.27. The lowest BCUT2D eigenvalue weighted by Crippen LogP contribution is -2.56. The Morgan fingerprint density at radius 3 is 2.50 bits per heavy atom. The zero-order chi connectivity index (χ0) is 21.0. The summed E-state index contributed by atoms with van der Waals surface area (Å²) in [6.07, 6.45) is -4.19. The van der Waals surface area contributed by atoms with Crippen LogP contribution in [0.3, 0.4) is 0 Å². The third-order valence-electron chi connectivity index (χ3n) is 5.40. The van der Waals surface area contributed by atoms with Gasteiger partial charge in [-0.15, -0.1) is 24.0 Å². The molecule has 0 bridgehead atoms. The number of benzene rings is 1. The van der Waals surface area contributed by atoms with Gasteiger partial charge in [0.1, 0.15) is 11.9 Å². The maximum Gasteiger partial charge on any atom is 0.403 e. The molecule has 2 heterocycles. The molecule has 1 aliphatic heterocycles. The number of imidazole rings is 1. The first-order valence-electron chi connectivity index (χ1n) is 10.1. The molecule has 1 unspecified atom stereocenters. The number of hydrogen-bond acceptors (Lipinski definition) is 3. The normalized spacial score (nSPS) is 17.1. The van der Waals surface area contributed by atoms with Gasteiger partial charge in [0.25, 0.3) is 0 Å². The van der Waals surface area contributed by atoms with Crippen molar-refractivity contribution in [3.63, 3.8) is 0 Å². The maximum absolute atomic E-state index is 13.0. The lowest BCUT2D eigenvalue weighted by Gasteiger charge is -2.39. The summed E-state index contributed by atoms with van der Waals surface area (Å²) in [7, 11) is 0. The molecule has 1 aromatic heterocycles. The van der Waals surface area contributed by atoms with Crippen LogP contribution in [-0.4, -0.2) is 76.8 Å². The van der Waals surface area contributed by atoms with Crippen molar-refractivity contribution in [2.75, 3.05) is 39.3 Å². The minimum atomic E-state index is -4.19. The number of nitrogens with zero attached hydrogens (tertiary/aromatic N) is 5. The molecule has 1 N–H and O–H groups in total. The minimum Gasteiger partial charge on any atom is -0.357 e. The Labute approximate surface area is 192 Å². The zero-order valence-electron chi connectivity index (χ0n) is 17.6. The predicted molar refractivity (Wildman–Crippen MR) is 125 cm³/mol. The summed E-state index contributed by atoms with van der Waals surface area (Å²) < 4.78 is 41.0. The highest BCUT2D eigenvalue weighted by Crippen LogP contribution is 2.25. The van der Waals surface area contributed by atoms with Crippen molar-refractivity contribution >= 4 is 41.0 Å². The van der Waals surface area contributed by atoms with Gasteiger partial charge in [-0.2, -0.15) is 13.2 Å². The highest BCUT2D eigenvalue weighted by molar-refractivity contribution is 14.0. The van der Waals surface area contributed by atoms with Crippen LogP contribution >= 0.6 is 24.0 Å². The van der Waals surface area contributed by atoms with E-state index in [4.69, 9.17) is 4.99 Å². The van der Waals surface area contributed by atoms with Crippen LogP contribution in [0.15, 0.2) is 29.3 Å². The first-order valence-corrected chi connectivity index (χ1v) is 10.1. The molecular weight excluding hydrogens is 508 g/mol. The molecule has 2 aromatic rings. The van der Waals surface area contributed by atoms with E-state index in [1.807, 2.05) is 43.0 Å². The molecule has 30 heavy (non-hydrogen) atoms. The smallest absolute Gasteiger partial charge is 0.357 e. The van der Waals surface area contributed by atoms with E-state index in [1.165, 1.54) is 11.8 Å². The van der Waals surface area contributed by atoms with Crippen LogP contribution < -0.4 is 5.32 Å². The van der Waals surface area contributed by atoms with Crippen molar-refractivity contribution in [3.8, 4) is 0 Å². The largest absolute Gasteiger partial charge is 0.403 e. The molecule has 0 spiro atoms. The molecule has 3 rings (SSSR count). The van der Waals surface area contributed by atoms with E-state index in [2.05, 4.69) is 14.9 Å². The number of halogens is 4. The quantitative estimate of drug-likeness (QED) is 0.360. The van der Waals surface area contributed by atoms with Crippen molar-refractivity contribution in [2.45, 2.75) is 39.5 Å². The SMILES string of the molecule is CCNC(=NCCn1c(C)nc2ccccc21)N1CCN(C(C)C(F)(F)F)CC1.I. The first-order chi connectivity index (χ1) is 13.8. The van der Waals surface area contributed by atoms with Crippen molar-refractivity contribution < 1.29 is 13.2 Å². The van der Waals surface area contributed by atoms with Gasteiger partial charge in [0.05, 0.1) is 17.6 Å². The van der Waals surface area contributed by atoms with Crippen LogP contribution in [0.1, 0.15) is 19.7 Å². The maximum atomic E-state index is 13.0. The Bertz CT molecular complexity index is 843. The highest BCUT2D eigenvalue weighted by atomic mass is 127. The monoisotopic (exact) mass is 538 g/mol. The fourth-order valence-corrected chi connectivity index (χ4v) is 3.69. The molecule has 0 aliphatic carbocycles. The van der Waals surface area contributed by atoms with Gasteiger partial charge in [-0.3, -0.25) is 9.89 Å². The fraction of sp³-hybridized carbons (Fsp3) is 0.600. The molecule has 6 nitrogen and oxygen atoms in total. The number of piperazine rings is 1. The van der Waals surface area contributed by atoms with Crippen molar-refractivity contribution in [3.05, 3.63) is 30.1 Å². The summed E-state index contributed by atoms with van der Waals surface area (Å²) in [6, 6.07) is 6.59. The van der Waals surface area contributed by atoms with Crippen LogP contribution in [0.2, 0.25) is 0 Å². The molecule has 10 heteroatoms. The lowest BCUT2D eigenvalue weighted by molar-refractivity contribution is -0.181. The average Bonchev–Trinajstić information content (AvgIpc) is 3.01. The number of para-hydroxylation sites is 2. The third-order valence-corrected chi connectivity index (χ3v) is 5.40. The molecule has 168 valence electrons. The number of aromatic nitrogens is 2. The van der Waals surface area contributed by atoms with Gasteiger partial charge < -0.3 is 14.8 Å². The van der Waals surface area contributed by atoms with Crippen LogP contribution in [0.5, 0.6) is 0 Å². The molecule has 1 aromatic carbocycles. The van der Waals surface area contributed by atoms with Gasteiger partial charge in [-0.05, 0) is 32.9 Å². The molecule has 1 aliphatic rings. The second kappa shape index (κ2) is 10.7. The Kier molecular flexibility index (Phi) is 8.77. The number of rotatable bonds is 5. The van der Waals surface area contributed by atoms with E-state index in [9.17, 15) is 13.2 Å². The molecule has 0 amide bonds. The Hall–Kier alpha value is -1.56. The van der Waals surface area contributed by atoms with E-state index in [0.29, 0.717) is 45.8 Å². The number of alkyl halides is 3. The Morgan fingerprint density at radius 2 is 1.87 bits per heavy atom. The number of aryl methyl sites for hydroxylation is 1. The first kappa shape index (κ1) is 24.7. The van der Waals surface area contributed by atoms with Crippen LogP contribution in [0.25, 0.3) is 11.0 Å². The van der Waals surface area contributed by atoms with Gasteiger partial charge in [-0.25, -0.2) is 4.98 Å². The number of fused-ring (bicyclic) bond motifs is 1. The van der Waals surface area contributed by atoms with E-state index >= 15 is 0 Å². The fourth-order valence-electron chi connectivity index (χ4n) is 3.69. The van der Waals surface area contributed by atoms with E-state index < -0.39 is 12.2 Å². The molecule has 0 saturated carbocycles. The van der Waals surface area contributed by atoms with Crippen molar-refractivity contribution in [2.24, 2.45) is 4.99 Å². The molecular formula is C20H30F3IN6. The second-order valence-electron chi connectivity index (χ2n) is 7.28. The van der Waals surface area contributed by atoms with Gasteiger partial charge in [-0.1, -0.05) is 12.1 Å². The summed E-state index contributed by atoms with van der Waals surface area (Å²) in [5.41, 5.74) is 2.05. The van der Waals surface area contributed by atoms with Gasteiger partial charge in [0, 0.05) is 39.3 Å². The number of hydrogen-bond donors (Lipinski definition) is 1. The van der Waals surface area contributed by atoms with Crippen molar-refractivity contribution in [1.29, 1.82) is 0 Å². The molecule has 1 fully saturated rings. The van der Waals surface area contributed by atoms with E-state index in [0.717, 1.165) is 22.8 Å². The zero-order valence-corrected chi connectivity index (χ0v) is 19.9. The topological polar surface area (TPSA) is 48.7 Å². The minimum absolute atomic E-state index is 0. The summed E-state index contributed by atoms with van der Waals surface area (Å²) in [6.45, 7) is 8.99. The van der Waals surface area contributed by atoms with E-state index in [1.54, 1.807) is 0 Å².